The van der Waals surface area contributed by atoms with E-state index in [2.05, 4.69) is 10.00 Å². The van der Waals surface area contributed by atoms with Crippen molar-refractivity contribution in [1.82, 2.24) is 19.0 Å². The van der Waals surface area contributed by atoms with Crippen LogP contribution < -0.4 is 0 Å². The molecular weight excluding hydrogens is 316 g/mol. The van der Waals surface area contributed by atoms with Crippen LogP contribution in [0, 0.1) is 6.92 Å². The Kier molecular flexibility index (Phi) is 4.52. The third kappa shape index (κ3) is 2.93. The minimum Gasteiger partial charge on any atom is -0.390 e. The normalized spacial score (nSPS) is 29.7. The van der Waals surface area contributed by atoms with Crippen LogP contribution >= 0.6 is 0 Å². The number of nitrogens with zero attached hydrogens (tertiary/aromatic N) is 4. The zero-order chi connectivity index (χ0) is 16.8. The molecule has 130 valence electrons. The van der Waals surface area contributed by atoms with Gasteiger partial charge in [0.15, 0.2) is 0 Å². The zero-order valence-corrected chi connectivity index (χ0v) is 14.8. The molecule has 1 aliphatic carbocycles. The van der Waals surface area contributed by atoms with E-state index in [0.29, 0.717) is 12.1 Å². The van der Waals surface area contributed by atoms with Gasteiger partial charge in [-0.25, -0.2) is 8.42 Å². The lowest BCUT2D eigenvalue weighted by atomic mass is 10.1. The second-order valence-electron chi connectivity index (χ2n) is 6.72. The molecule has 3 rings (SSSR count). The predicted octanol–water partition coefficient (Wildman–Crippen LogP) is 0.337. The summed E-state index contributed by atoms with van der Waals surface area (Å²) >= 11 is 0. The van der Waals surface area contributed by atoms with Crippen LogP contribution in [-0.4, -0.2) is 70.8 Å². The summed E-state index contributed by atoms with van der Waals surface area (Å²) in [5.41, 5.74) is 0.489. The standard InChI is InChI=1S/C15H26N4O3S/c1-11-14(10-17(2)16-11)23(21,22)18(3)12-6-7-13(15(12)20)19-8-4-5-9-19/h10,12-13,15,20H,4-9H2,1-3H3/t12-,13-,15-/m1/s1. The number of hydrogen-bond acceptors (Lipinski definition) is 5. The molecular formula is C15H26N4O3S. The second kappa shape index (κ2) is 6.16. The van der Waals surface area contributed by atoms with Gasteiger partial charge in [-0.05, 0) is 45.7 Å². The van der Waals surface area contributed by atoms with Crippen molar-refractivity contribution < 1.29 is 13.5 Å². The maximum atomic E-state index is 12.9. The largest absolute Gasteiger partial charge is 0.390 e. The molecule has 2 fully saturated rings. The maximum absolute atomic E-state index is 12.9. The van der Waals surface area contributed by atoms with Gasteiger partial charge in [-0.1, -0.05) is 0 Å². The molecule has 1 aliphatic heterocycles. The summed E-state index contributed by atoms with van der Waals surface area (Å²) in [5, 5.41) is 14.8. The van der Waals surface area contributed by atoms with Crippen molar-refractivity contribution in [2.45, 2.75) is 55.7 Å². The van der Waals surface area contributed by atoms with Crippen LogP contribution in [0.25, 0.3) is 0 Å². The van der Waals surface area contributed by atoms with Crippen molar-refractivity contribution in [2.24, 2.45) is 7.05 Å². The van der Waals surface area contributed by atoms with Crippen molar-refractivity contribution in [3.8, 4) is 0 Å². The zero-order valence-electron chi connectivity index (χ0n) is 14.0. The lowest BCUT2D eigenvalue weighted by Gasteiger charge is -2.31. The van der Waals surface area contributed by atoms with E-state index in [0.717, 1.165) is 32.4 Å². The van der Waals surface area contributed by atoms with Crippen LogP contribution in [-0.2, 0) is 17.1 Å². The molecule has 2 aliphatic rings. The fourth-order valence-electron chi connectivity index (χ4n) is 3.97. The Bertz CT molecular complexity index is 666. The summed E-state index contributed by atoms with van der Waals surface area (Å²) in [6.45, 7) is 3.71. The Morgan fingerprint density at radius 3 is 2.52 bits per heavy atom. The quantitative estimate of drug-likeness (QED) is 0.853. The van der Waals surface area contributed by atoms with Crippen LogP contribution in [0.4, 0.5) is 0 Å². The molecule has 3 atom stereocenters. The van der Waals surface area contributed by atoms with Gasteiger partial charge in [-0.2, -0.15) is 9.40 Å². The molecule has 2 heterocycles. The van der Waals surface area contributed by atoms with Gasteiger partial charge in [0.2, 0.25) is 10.0 Å². The fourth-order valence-corrected chi connectivity index (χ4v) is 5.57. The van der Waals surface area contributed by atoms with Gasteiger partial charge >= 0.3 is 0 Å². The summed E-state index contributed by atoms with van der Waals surface area (Å²) in [6, 6.07) is -0.291. The maximum Gasteiger partial charge on any atom is 0.246 e. The first kappa shape index (κ1) is 16.9. The third-order valence-corrected chi connectivity index (χ3v) is 7.23. The number of aryl methyl sites for hydroxylation is 2. The van der Waals surface area contributed by atoms with Crippen molar-refractivity contribution >= 4 is 10.0 Å². The Labute approximate surface area is 137 Å². The van der Waals surface area contributed by atoms with Gasteiger partial charge in [0, 0.05) is 26.3 Å². The van der Waals surface area contributed by atoms with Crippen LogP contribution in [0.1, 0.15) is 31.4 Å². The highest BCUT2D eigenvalue weighted by atomic mass is 32.2. The van der Waals surface area contributed by atoms with Gasteiger partial charge in [0.05, 0.1) is 17.8 Å². The van der Waals surface area contributed by atoms with Gasteiger partial charge in [0.25, 0.3) is 0 Å². The predicted molar refractivity (Wildman–Crippen MR) is 86.5 cm³/mol. The Morgan fingerprint density at radius 2 is 1.96 bits per heavy atom. The molecule has 23 heavy (non-hydrogen) atoms. The number of likely N-dealkylation sites (tertiary alicyclic amines) is 1. The summed E-state index contributed by atoms with van der Waals surface area (Å²) in [7, 11) is -0.361. The topological polar surface area (TPSA) is 78.7 Å². The molecule has 1 saturated carbocycles. The molecule has 0 bridgehead atoms. The minimum atomic E-state index is -3.64. The van der Waals surface area contributed by atoms with E-state index in [-0.39, 0.29) is 17.0 Å². The minimum absolute atomic E-state index is 0.0788. The monoisotopic (exact) mass is 342 g/mol. The number of aromatic nitrogens is 2. The SMILES string of the molecule is Cc1nn(C)cc1S(=O)(=O)N(C)[C@@H]1CC[C@@H](N2CCCC2)[C@@H]1O. The van der Waals surface area contributed by atoms with E-state index in [9.17, 15) is 13.5 Å². The first-order valence-corrected chi connectivity index (χ1v) is 9.67. The molecule has 1 saturated heterocycles. The first-order chi connectivity index (χ1) is 10.8. The number of likely N-dealkylation sites (N-methyl/N-ethyl adjacent to an activating group) is 1. The van der Waals surface area contributed by atoms with E-state index in [1.54, 1.807) is 21.0 Å². The molecule has 1 aromatic rings. The van der Waals surface area contributed by atoms with Crippen LogP contribution in [0.2, 0.25) is 0 Å². The van der Waals surface area contributed by atoms with Gasteiger partial charge in [-0.3, -0.25) is 9.58 Å². The Morgan fingerprint density at radius 1 is 1.30 bits per heavy atom. The average molecular weight is 342 g/mol. The van der Waals surface area contributed by atoms with E-state index in [1.165, 1.54) is 15.2 Å². The molecule has 0 spiro atoms. The van der Waals surface area contributed by atoms with Gasteiger partial charge in [-0.15, -0.1) is 0 Å². The van der Waals surface area contributed by atoms with Crippen LogP contribution in [0.15, 0.2) is 11.1 Å². The van der Waals surface area contributed by atoms with Crippen molar-refractivity contribution in [3.63, 3.8) is 0 Å². The number of aliphatic hydroxyl groups is 1. The van der Waals surface area contributed by atoms with Gasteiger partial charge in [0.1, 0.15) is 4.90 Å². The molecule has 7 nitrogen and oxygen atoms in total. The Hall–Kier alpha value is -0.960. The first-order valence-electron chi connectivity index (χ1n) is 8.23. The number of aliphatic hydroxyl groups excluding tert-OH is 1. The molecule has 8 heteroatoms. The highest BCUT2D eigenvalue weighted by Gasteiger charge is 2.44. The summed E-state index contributed by atoms with van der Waals surface area (Å²) in [5.74, 6) is 0. The van der Waals surface area contributed by atoms with E-state index < -0.39 is 16.1 Å². The molecule has 1 N–H and O–H groups in total. The highest BCUT2D eigenvalue weighted by molar-refractivity contribution is 7.89. The summed E-state index contributed by atoms with van der Waals surface area (Å²) < 4.78 is 28.6. The fraction of sp³-hybridized carbons (Fsp3) is 0.800. The molecule has 1 aromatic heterocycles. The van der Waals surface area contributed by atoms with E-state index in [1.807, 2.05) is 0 Å². The van der Waals surface area contributed by atoms with E-state index in [4.69, 9.17) is 0 Å². The number of rotatable bonds is 4. The van der Waals surface area contributed by atoms with E-state index >= 15 is 0 Å². The summed E-state index contributed by atoms with van der Waals surface area (Å²) in [4.78, 5) is 2.53. The average Bonchev–Trinajstić information content (AvgIpc) is 3.18. The van der Waals surface area contributed by atoms with Crippen LogP contribution in [0.3, 0.4) is 0 Å². The Balaban J connectivity index is 1.80. The van der Waals surface area contributed by atoms with Gasteiger partial charge < -0.3 is 5.11 Å². The third-order valence-electron chi connectivity index (χ3n) is 5.25. The second-order valence-corrected chi connectivity index (χ2v) is 8.69. The summed E-state index contributed by atoms with van der Waals surface area (Å²) in [6.07, 6.45) is 4.76. The molecule has 0 aromatic carbocycles. The lowest BCUT2D eigenvalue weighted by molar-refractivity contribution is 0.0535. The highest BCUT2D eigenvalue weighted by Crippen LogP contribution is 2.33. The molecule has 0 radical (unpaired) electrons. The van der Waals surface area contributed by atoms with Crippen LogP contribution in [0.5, 0.6) is 0 Å². The lowest BCUT2D eigenvalue weighted by Crippen LogP contribution is -2.48. The molecule has 0 amide bonds. The number of sulfonamides is 1. The number of hydrogen-bond donors (Lipinski definition) is 1. The molecule has 0 unspecified atom stereocenters. The van der Waals surface area contributed by atoms with Crippen molar-refractivity contribution in [3.05, 3.63) is 11.9 Å². The van der Waals surface area contributed by atoms with Crippen molar-refractivity contribution in [2.75, 3.05) is 20.1 Å². The smallest absolute Gasteiger partial charge is 0.246 e. The van der Waals surface area contributed by atoms with Crippen molar-refractivity contribution in [1.29, 1.82) is 0 Å².